The van der Waals surface area contributed by atoms with E-state index >= 15 is 0 Å². The van der Waals surface area contributed by atoms with E-state index in [1.165, 1.54) is 19.3 Å². The summed E-state index contributed by atoms with van der Waals surface area (Å²) in [7, 11) is 0. The van der Waals surface area contributed by atoms with Crippen LogP contribution >= 0.6 is 0 Å². The third-order valence-corrected chi connectivity index (χ3v) is 4.76. The van der Waals surface area contributed by atoms with E-state index in [-0.39, 0.29) is 12.1 Å². The molecule has 5 nitrogen and oxygen atoms in total. The van der Waals surface area contributed by atoms with Crippen LogP contribution in [-0.2, 0) is 0 Å². The molecule has 1 saturated heterocycles. The summed E-state index contributed by atoms with van der Waals surface area (Å²) >= 11 is 0. The highest BCUT2D eigenvalue weighted by molar-refractivity contribution is 5.32. The van der Waals surface area contributed by atoms with Crippen molar-refractivity contribution in [3.05, 3.63) is 17.5 Å². The summed E-state index contributed by atoms with van der Waals surface area (Å²) in [5, 5.41) is 13.6. The van der Waals surface area contributed by atoms with Crippen molar-refractivity contribution >= 4 is 5.95 Å². The lowest BCUT2D eigenvalue weighted by atomic mass is 9.83. The van der Waals surface area contributed by atoms with Crippen molar-refractivity contribution in [3.8, 4) is 0 Å². The SMILES string of the molecule is Cc1cc(C2CCC2)nc(N[C@H]2CN(C(C)C)C[C@@H]2O)n1. The maximum absolute atomic E-state index is 10.2. The minimum atomic E-state index is -0.358. The van der Waals surface area contributed by atoms with E-state index in [2.05, 4.69) is 40.1 Å². The second kappa shape index (κ2) is 5.89. The largest absolute Gasteiger partial charge is 0.390 e. The van der Waals surface area contributed by atoms with Crippen LogP contribution in [-0.4, -0.2) is 51.3 Å². The molecule has 2 atom stereocenters. The van der Waals surface area contributed by atoms with Crippen LogP contribution in [0.4, 0.5) is 5.95 Å². The number of likely N-dealkylation sites (tertiary alicyclic amines) is 1. The summed E-state index contributed by atoms with van der Waals surface area (Å²) in [4.78, 5) is 11.4. The smallest absolute Gasteiger partial charge is 0.223 e. The number of β-amino-alcohol motifs (C(OH)–C–C–N with tert-alkyl or cyclic N) is 1. The van der Waals surface area contributed by atoms with Crippen molar-refractivity contribution in [2.45, 2.75) is 64.1 Å². The Balaban J connectivity index is 1.71. The normalized spacial score (nSPS) is 27.1. The molecule has 5 heteroatoms. The lowest BCUT2D eigenvalue weighted by molar-refractivity contribution is 0.161. The number of aliphatic hydroxyl groups excluding tert-OH is 1. The zero-order chi connectivity index (χ0) is 15.0. The minimum Gasteiger partial charge on any atom is -0.390 e. The zero-order valence-electron chi connectivity index (χ0n) is 13.2. The number of hydrogen-bond donors (Lipinski definition) is 2. The predicted molar refractivity (Wildman–Crippen MR) is 83.5 cm³/mol. The Hall–Kier alpha value is -1.20. The van der Waals surface area contributed by atoms with Gasteiger partial charge in [-0.2, -0.15) is 0 Å². The number of nitrogens with zero attached hydrogens (tertiary/aromatic N) is 3. The third-order valence-electron chi connectivity index (χ3n) is 4.76. The molecule has 0 radical (unpaired) electrons. The first-order valence-corrected chi connectivity index (χ1v) is 8.07. The third kappa shape index (κ3) is 3.19. The van der Waals surface area contributed by atoms with Crippen LogP contribution in [0.5, 0.6) is 0 Å². The molecule has 3 rings (SSSR count). The molecule has 0 bridgehead atoms. The van der Waals surface area contributed by atoms with Crippen LogP contribution < -0.4 is 5.32 Å². The summed E-state index contributed by atoms with van der Waals surface area (Å²) in [6.45, 7) is 7.89. The van der Waals surface area contributed by atoms with Gasteiger partial charge >= 0.3 is 0 Å². The lowest BCUT2D eigenvalue weighted by Gasteiger charge is -2.26. The first kappa shape index (κ1) is 14.7. The topological polar surface area (TPSA) is 61.3 Å². The minimum absolute atomic E-state index is 0.0171. The molecule has 1 aromatic rings. The molecule has 0 spiro atoms. The Kier molecular flexibility index (Phi) is 4.13. The van der Waals surface area contributed by atoms with Gasteiger partial charge in [0, 0.05) is 36.4 Å². The van der Waals surface area contributed by atoms with Gasteiger partial charge < -0.3 is 10.4 Å². The van der Waals surface area contributed by atoms with Crippen molar-refractivity contribution in [1.29, 1.82) is 0 Å². The highest BCUT2D eigenvalue weighted by Gasteiger charge is 2.33. The van der Waals surface area contributed by atoms with Crippen LogP contribution in [0.25, 0.3) is 0 Å². The molecule has 21 heavy (non-hydrogen) atoms. The summed E-state index contributed by atoms with van der Waals surface area (Å²) in [5.74, 6) is 1.28. The van der Waals surface area contributed by atoms with Gasteiger partial charge in [0.25, 0.3) is 0 Å². The van der Waals surface area contributed by atoms with E-state index in [4.69, 9.17) is 0 Å². The molecule has 1 aromatic heterocycles. The molecular weight excluding hydrogens is 264 g/mol. The molecule has 1 saturated carbocycles. The van der Waals surface area contributed by atoms with E-state index in [1.807, 2.05) is 6.92 Å². The molecule has 0 unspecified atom stereocenters. The Morgan fingerprint density at radius 3 is 2.62 bits per heavy atom. The van der Waals surface area contributed by atoms with E-state index < -0.39 is 0 Å². The number of aromatic nitrogens is 2. The number of aliphatic hydroxyl groups is 1. The van der Waals surface area contributed by atoms with E-state index in [9.17, 15) is 5.11 Å². The van der Waals surface area contributed by atoms with Gasteiger partial charge in [0.05, 0.1) is 12.1 Å². The van der Waals surface area contributed by atoms with Gasteiger partial charge in [-0.1, -0.05) is 6.42 Å². The molecule has 2 fully saturated rings. The van der Waals surface area contributed by atoms with Crippen molar-refractivity contribution in [3.63, 3.8) is 0 Å². The van der Waals surface area contributed by atoms with Gasteiger partial charge in [-0.3, -0.25) is 4.90 Å². The van der Waals surface area contributed by atoms with Crippen molar-refractivity contribution in [2.75, 3.05) is 18.4 Å². The standard InChI is InChI=1S/C16H26N4O/c1-10(2)20-8-14(15(21)9-20)19-16-17-11(3)7-13(18-16)12-5-4-6-12/h7,10,12,14-15,21H,4-6,8-9H2,1-3H3,(H,17,18,19)/t14-,15-/m0/s1. The molecule has 0 amide bonds. The molecule has 2 aliphatic rings. The van der Waals surface area contributed by atoms with Crippen molar-refractivity contribution < 1.29 is 5.11 Å². The molecule has 1 aliphatic carbocycles. The van der Waals surface area contributed by atoms with Gasteiger partial charge in [0.1, 0.15) is 0 Å². The number of aryl methyl sites for hydroxylation is 1. The van der Waals surface area contributed by atoms with Crippen LogP contribution in [0.15, 0.2) is 6.07 Å². The molecule has 2 heterocycles. The maximum atomic E-state index is 10.2. The van der Waals surface area contributed by atoms with E-state index in [0.717, 1.165) is 24.5 Å². The molecule has 2 N–H and O–H groups in total. The first-order valence-electron chi connectivity index (χ1n) is 8.07. The van der Waals surface area contributed by atoms with E-state index in [0.29, 0.717) is 17.9 Å². The van der Waals surface area contributed by atoms with Crippen molar-refractivity contribution in [2.24, 2.45) is 0 Å². The van der Waals surface area contributed by atoms with Crippen LogP contribution in [0.2, 0.25) is 0 Å². The Labute approximate surface area is 126 Å². The second-order valence-corrected chi connectivity index (χ2v) is 6.75. The number of anilines is 1. The van der Waals surface area contributed by atoms with Crippen molar-refractivity contribution in [1.82, 2.24) is 14.9 Å². The van der Waals surface area contributed by atoms with Gasteiger partial charge in [-0.15, -0.1) is 0 Å². The zero-order valence-corrected chi connectivity index (χ0v) is 13.2. The second-order valence-electron chi connectivity index (χ2n) is 6.75. The van der Waals surface area contributed by atoms with Gasteiger partial charge in [0.2, 0.25) is 5.95 Å². The number of hydrogen-bond acceptors (Lipinski definition) is 5. The average molecular weight is 290 g/mol. The number of rotatable bonds is 4. The Morgan fingerprint density at radius 1 is 1.29 bits per heavy atom. The fourth-order valence-corrected chi connectivity index (χ4v) is 3.12. The maximum Gasteiger partial charge on any atom is 0.223 e. The fraction of sp³-hybridized carbons (Fsp3) is 0.750. The quantitative estimate of drug-likeness (QED) is 0.887. The Morgan fingerprint density at radius 2 is 2.05 bits per heavy atom. The Bertz CT molecular complexity index is 501. The highest BCUT2D eigenvalue weighted by atomic mass is 16.3. The molecule has 0 aromatic carbocycles. The van der Waals surface area contributed by atoms with Gasteiger partial charge in [0.15, 0.2) is 0 Å². The summed E-state index contributed by atoms with van der Waals surface area (Å²) in [6.07, 6.45) is 3.43. The fourth-order valence-electron chi connectivity index (χ4n) is 3.12. The van der Waals surface area contributed by atoms with Crippen LogP contribution in [0.3, 0.4) is 0 Å². The first-order chi connectivity index (χ1) is 10.0. The van der Waals surface area contributed by atoms with Crippen LogP contribution in [0.1, 0.15) is 50.4 Å². The number of nitrogens with one attached hydrogen (secondary N) is 1. The molecule has 116 valence electrons. The molecular formula is C16H26N4O. The summed E-state index contributed by atoms with van der Waals surface area (Å²) in [5.41, 5.74) is 2.16. The highest BCUT2D eigenvalue weighted by Crippen LogP contribution is 2.35. The van der Waals surface area contributed by atoms with Gasteiger partial charge in [-0.05, 0) is 39.7 Å². The predicted octanol–water partition coefficient (Wildman–Crippen LogP) is 1.92. The van der Waals surface area contributed by atoms with Gasteiger partial charge in [-0.25, -0.2) is 9.97 Å². The lowest BCUT2D eigenvalue weighted by Crippen LogP contribution is -2.33. The average Bonchev–Trinajstić information content (AvgIpc) is 2.68. The monoisotopic (exact) mass is 290 g/mol. The molecule has 1 aliphatic heterocycles. The van der Waals surface area contributed by atoms with Crippen LogP contribution in [0, 0.1) is 6.92 Å². The van der Waals surface area contributed by atoms with E-state index in [1.54, 1.807) is 0 Å². The summed E-state index contributed by atoms with van der Waals surface area (Å²) in [6, 6.07) is 2.57. The summed E-state index contributed by atoms with van der Waals surface area (Å²) < 4.78 is 0.